The van der Waals surface area contributed by atoms with Gasteiger partial charge in [-0.25, -0.2) is 9.59 Å². The zero-order valence-corrected chi connectivity index (χ0v) is 36.0. The number of H-pyrrole nitrogens is 1. The summed E-state index contributed by atoms with van der Waals surface area (Å²) in [5.41, 5.74) is -2.41. The molecule has 6 aliphatic rings. The highest BCUT2D eigenvalue weighted by molar-refractivity contribution is 9.13. The fourth-order valence-corrected chi connectivity index (χ4v) is 11.7. The highest BCUT2D eigenvalue weighted by atomic mass is 79.9. The van der Waals surface area contributed by atoms with E-state index in [4.69, 9.17) is 14.2 Å². The first-order valence-electron chi connectivity index (χ1n) is 20.5. The summed E-state index contributed by atoms with van der Waals surface area (Å²) in [6.07, 6.45) is 14.3. The number of aromatic amines is 1. The van der Waals surface area contributed by atoms with Crippen LogP contribution in [0.1, 0.15) is 102 Å². The summed E-state index contributed by atoms with van der Waals surface area (Å²) in [7, 11) is 0. The number of aromatic nitrogens is 1. The SMILES string of the molecule is CC[C@H]1C[C@]23OC(=O)C(=C(O)[C@]4(CC)[C@@H](C=C[C@H]5[C@@H](O[C@H]6C[C@@H](O)[C@H](NC(=O)c7[nH]cc(Br)c7Br)[C@@H](C)O6)[C@@H](C)CC[C@@H]54)CCCCC=C[C@H]2C=C1C(=O)O)C3=O. The Morgan fingerprint density at radius 3 is 2.53 bits per heavy atom. The van der Waals surface area contributed by atoms with Crippen molar-refractivity contribution in [2.45, 2.75) is 128 Å². The number of carbonyl (C=O) groups excluding carboxylic acids is 3. The molecule has 3 heterocycles. The van der Waals surface area contributed by atoms with Crippen LogP contribution in [0.25, 0.3) is 0 Å². The topological polar surface area (TPSA) is 184 Å². The van der Waals surface area contributed by atoms with Gasteiger partial charge in [0.25, 0.3) is 5.91 Å². The third-order valence-corrected chi connectivity index (χ3v) is 16.0. The van der Waals surface area contributed by atoms with Crippen molar-refractivity contribution >= 4 is 55.5 Å². The van der Waals surface area contributed by atoms with E-state index in [0.717, 1.165) is 32.1 Å². The van der Waals surface area contributed by atoms with E-state index in [1.165, 1.54) is 0 Å². The number of rotatable bonds is 7. The molecule has 57 heavy (non-hydrogen) atoms. The number of aliphatic hydroxyl groups excluding tert-OH is 2. The maximum atomic E-state index is 14.9. The molecule has 7 rings (SSSR count). The summed E-state index contributed by atoms with van der Waals surface area (Å²) < 4.78 is 20.6. The number of allylic oxidation sites excluding steroid dienone is 3. The Hall–Kier alpha value is -3.04. The van der Waals surface area contributed by atoms with Crippen LogP contribution >= 0.6 is 31.9 Å². The number of carboxylic acid groups (broad SMARTS) is 1. The van der Waals surface area contributed by atoms with Crippen molar-refractivity contribution in [3.63, 3.8) is 0 Å². The number of halogens is 2. The summed E-state index contributed by atoms with van der Waals surface area (Å²) in [4.78, 5) is 57.3. The highest BCUT2D eigenvalue weighted by Crippen LogP contribution is 2.60. The Kier molecular flexibility index (Phi) is 12.2. The lowest BCUT2D eigenvalue weighted by Gasteiger charge is -2.55. The van der Waals surface area contributed by atoms with Gasteiger partial charge < -0.3 is 39.8 Å². The van der Waals surface area contributed by atoms with Gasteiger partial charge in [-0.1, -0.05) is 57.6 Å². The number of esters is 1. The van der Waals surface area contributed by atoms with Crippen molar-refractivity contribution in [3.05, 3.63) is 68.1 Å². The number of carbonyl (C=O) groups is 4. The predicted molar refractivity (Wildman–Crippen MR) is 217 cm³/mol. The van der Waals surface area contributed by atoms with E-state index in [-0.39, 0.29) is 65.4 Å². The van der Waals surface area contributed by atoms with E-state index in [1.54, 1.807) is 19.2 Å². The van der Waals surface area contributed by atoms with Crippen molar-refractivity contribution in [1.29, 1.82) is 0 Å². The van der Waals surface area contributed by atoms with Gasteiger partial charge in [0.1, 0.15) is 17.0 Å². The Balaban J connectivity index is 1.20. The molecule has 5 N–H and O–H groups in total. The molecule has 1 spiro atoms. The van der Waals surface area contributed by atoms with Crippen LogP contribution in [-0.4, -0.2) is 80.2 Å². The van der Waals surface area contributed by atoms with Crippen LogP contribution in [0, 0.1) is 40.9 Å². The zero-order chi connectivity index (χ0) is 41.0. The number of nitrogens with one attached hydrogen (secondary N) is 2. The number of aliphatic hydroxyl groups is 2. The van der Waals surface area contributed by atoms with Crippen LogP contribution in [0.15, 0.2) is 62.4 Å². The van der Waals surface area contributed by atoms with Gasteiger partial charge in [-0.2, -0.15) is 0 Å². The summed E-state index contributed by atoms with van der Waals surface area (Å²) in [6.45, 7) is 7.79. The number of aliphatic carboxylic acids is 1. The normalized spacial score (nSPS) is 39.4. The molecular weight excluding hydrogens is 864 g/mol. The number of amides is 1. The van der Waals surface area contributed by atoms with Gasteiger partial charge in [-0.15, -0.1) is 0 Å². The highest BCUT2D eigenvalue weighted by Gasteiger charge is 2.63. The Bertz CT molecular complexity index is 1890. The van der Waals surface area contributed by atoms with Gasteiger partial charge in [-0.05, 0) is 107 Å². The molecule has 0 radical (unpaired) electrons. The number of carboxylic acids is 1. The molecule has 12 nitrogen and oxygen atoms in total. The van der Waals surface area contributed by atoms with Gasteiger partial charge in [0.05, 0.1) is 33.3 Å². The number of fused-ring (bicyclic) bond motifs is 4. The average molecular weight is 919 g/mol. The molecule has 0 unspecified atom stereocenters. The quantitative estimate of drug-likeness (QED) is 0.104. The average Bonchev–Trinajstić information content (AvgIpc) is 3.64. The van der Waals surface area contributed by atoms with E-state index in [2.05, 4.69) is 61.2 Å². The molecule has 14 heteroatoms. The third kappa shape index (κ3) is 7.23. The molecule has 1 saturated carbocycles. The second-order valence-corrected chi connectivity index (χ2v) is 18.6. The largest absolute Gasteiger partial charge is 0.511 e. The van der Waals surface area contributed by atoms with E-state index >= 15 is 0 Å². The van der Waals surface area contributed by atoms with Crippen molar-refractivity contribution in [1.82, 2.24) is 10.3 Å². The molecule has 1 amide bonds. The minimum atomic E-state index is -1.65. The standard InChI is InChI=1S/C43H54Br2N2O10/c1-5-23-19-43-25(17-27(23)40(52)53)12-10-8-7-9-11-24-14-15-26-28(42(24,6-2)37(49)32(38(43)50)41(54)57-43)16-13-21(3)36(26)56-31-18-30(48)34(22(4)55-31)47-39(51)35-33(45)29(44)20-46-35/h10,12,14-15,17,20-26,28,30-31,34,36,46,48-49H,5-9,11,13,16,18-19H2,1-4H3,(H,47,51)(H,52,53)/t21-,22+,23-,24+,25-,26+,28-,30+,31-,34+,36-,42+,43-/m0/s1. The van der Waals surface area contributed by atoms with Gasteiger partial charge in [0, 0.05) is 41.9 Å². The lowest BCUT2D eigenvalue weighted by atomic mass is 9.50. The fraction of sp³-hybridized carbons (Fsp3) is 0.628. The molecule has 3 fully saturated rings. The van der Waals surface area contributed by atoms with Gasteiger partial charge >= 0.3 is 11.9 Å². The summed E-state index contributed by atoms with van der Waals surface area (Å²) in [5, 5.41) is 37.0. The van der Waals surface area contributed by atoms with E-state index < -0.39 is 65.1 Å². The number of hydrogen-bond acceptors (Lipinski definition) is 9. The van der Waals surface area contributed by atoms with Gasteiger partial charge in [-0.3, -0.25) is 9.59 Å². The van der Waals surface area contributed by atoms with Crippen molar-refractivity contribution < 1.29 is 48.7 Å². The molecule has 0 aromatic carbocycles. The predicted octanol–water partition coefficient (Wildman–Crippen LogP) is 7.63. The Morgan fingerprint density at radius 2 is 1.86 bits per heavy atom. The molecule has 310 valence electrons. The van der Waals surface area contributed by atoms with Crippen LogP contribution in [0.4, 0.5) is 0 Å². The van der Waals surface area contributed by atoms with Gasteiger partial charge in [0.15, 0.2) is 11.9 Å². The first kappa shape index (κ1) is 42.1. The first-order chi connectivity index (χ1) is 27.2. The lowest BCUT2D eigenvalue weighted by Crippen LogP contribution is -2.58. The Labute approximate surface area is 350 Å². The van der Waals surface area contributed by atoms with Gasteiger partial charge in [0.2, 0.25) is 5.78 Å². The number of Topliss-reactive ketones (excluding diaryl/α,β-unsaturated/α-hetero) is 1. The van der Waals surface area contributed by atoms with E-state index in [0.29, 0.717) is 33.9 Å². The minimum absolute atomic E-state index is 0.0252. The maximum Gasteiger partial charge on any atom is 0.346 e. The molecule has 2 saturated heterocycles. The van der Waals surface area contributed by atoms with Crippen LogP contribution in [0.2, 0.25) is 0 Å². The van der Waals surface area contributed by atoms with Crippen LogP contribution < -0.4 is 5.32 Å². The summed E-state index contributed by atoms with van der Waals surface area (Å²) in [5.74, 6) is -4.90. The first-order valence-corrected chi connectivity index (χ1v) is 22.1. The molecule has 13 atom stereocenters. The molecular formula is C43H54Br2N2O10. The Morgan fingerprint density at radius 1 is 1.09 bits per heavy atom. The fourth-order valence-electron chi connectivity index (χ4n) is 11.0. The van der Waals surface area contributed by atoms with Crippen molar-refractivity contribution in [3.8, 4) is 0 Å². The van der Waals surface area contributed by atoms with E-state index in [9.17, 15) is 34.5 Å². The summed E-state index contributed by atoms with van der Waals surface area (Å²) >= 11 is 6.78. The molecule has 1 aromatic heterocycles. The second kappa shape index (κ2) is 16.5. The van der Waals surface area contributed by atoms with Crippen LogP contribution in [-0.2, 0) is 28.6 Å². The molecule has 1 aromatic rings. The zero-order valence-electron chi connectivity index (χ0n) is 32.8. The van der Waals surface area contributed by atoms with Crippen LogP contribution in [0.5, 0.6) is 0 Å². The van der Waals surface area contributed by atoms with E-state index in [1.807, 2.05) is 26.0 Å². The third-order valence-electron chi connectivity index (χ3n) is 14.0. The van der Waals surface area contributed by atoms with Crippen LogP contribution in [0.3, 0.4) is 0 Å². The minimum Gasteiger partial charge on any atom is -0.511 e. The lowest BCUT2D eigenvalue weighted by molar-refractivity contribution is -0.258. The number of ether oxygens (including phenoxy) is 3. The second-order valence-electron chi connectivity index (χ2n) is 16.9. The number of ketones is 1. The smallest absolute Gasteiger partial charge is 0.346 e. The van der Waals surface area contributed by atoms with Crippen molar-refractivity contribution in [2.75, 3.05) is 0 Å². The molecule has 2 aliphatic heterocycles. The monoisotopic (exact) mass is 916 g/mol. The molecule has 2 bridgehead atoms. The molecule has 4 aliphatic carbocycles. The number of hydrogen-bond donors (Lipinski definition) is 5. The van der Waals surface area contributed by atoms with Crippen molar-refractivity contribution in [2.24, 2.45) is 40.9 Å². The summed E-state index contributed by atoms with van der Waals surface area (Å²) in [6, 6.07) is -0.685. The maximum absolute atomic E-state index is 14.9.